The first kappa shape index (κ1) is 8.13. The van der Waals surface area contributed by atoms with Crippen molar-refractivity contribution in [3.8, 4) is 11.5 Å². The summed E-state index contributed by atoms with van der Waals surface area (Å²) in [5, 5.41) is 3.93. The number of hydrogen-bond donors (Lipinski definition) is 1. The largest absolute Gasteiger partial charge is 0.457 e. The number of rotatable bonds is 2. The van der Waals surface area contributed by atoms with Gasteiger partial charge in [0.1, 0.15) is 11.5 Å². The zero-order chi connectivity index (χ0) is 9.10. The molecule has 0 radical (unpaired) electrons. The van der Waals surface area contributed by atoms with E-state index < -0.39 is 0 Å². The second kappa shape index (κ2) is 3.49. The fourth-order valence-electron chi connectivity index (χ4n) is 0.982. The van der Waals surface area contributed by atoms with E-state index >= 15 is 0 Å². The lowest BCUT2D eigenvalue weighted by atomic mass is 10.3. The van der Waals surface area contributed by atoms with Gasteiger partial charge in [0.15, 0.2) is 0 Å². The van der Waals surface area contributed by atoms with Gasteiger partial charge in [-0.3, -0.25) is 0 Å². The molecule has 0 atom stereocenters. The van der Waals surface area contributed by atoms with E-state index in [4.69, 9.17) is 10.5 Å². The molecule has 0 saturated carbocycles. The zero-order valence-corrected chi connectivity index (χ0v) is 7.75. The number of nitrogen functional groups attached to an aromatic ring is 1. The van der Waals surface area contributed by atoms with Gasteiger partial charge in [0.25, 0.3) is 0 Å². The highest BCUT2D eigenvalue weighted by atomic mass is 32.1. The lowest BCUT2D eigenvalue weighted by Crippen LogP contribution is -1.84. The van der Waals surface area contributed by atoms with Crippen LogP contribution >= 0.6 is 11.3 Å². The Bertz CT molecular complexity index is 366. The number of thiophene rings is 1. The van der Waals surface area contributed by atoms with Crippen molar-refractivity contribution in [3.05, 3.63) is 41.1 Å². The third-order valence-electron chi connectivity index (χ3n) is 1.61. The minimum absolute atomic E-state index is 0.748. The van der Waals surface area contributed by atoms with Crippen LogP contribution in [0.15, 0.2) is 41.1 Å². The van der Waals surface area contributed by atoms with Crippen LogP contribution in [0.1, 0.15) is 0 Å². The highest BCUT2D eigenvalue weighted by molar-refractivity contribution is 7.08. The van der Waals surface area contributed by atoms with E-state index in [1.54, 1.807) is 11.3 Å². The van der Waals surface area contributed by atoms with Gasteiger partial charge in [0.05, 0.1) is 0 Å². The molecule has 0 unspecified atom stereocenters. The first-order valence-corrected chi connectivity index (χ1v) is 4.84. The van der Waals surface area contributed by atoms with E-state index in [1.807, 2.05) is 41.1 Å². The molecule has 2 N–H and O–H groups in total. The Morgan fingerprint density at radius 1 is 1.00 bits per heavy atom. The molecule has 1 heterocycles. The van der Waals surface area contributed by atoms with E-state index in [9.17, 15) is 0 Å². The average molecular weight is 191 g/mol. The molecule has 0 amide bonds. The summed E-state index contributed by atoms with van der Waals surface area (Å²) in [6.07, 6.45) is 0. The van der Waals surface area contributed by atoms with Crippen molar-refractivity contribution >= 4 is 17.0 Å². The second-order valence-electron chi connectivity index (χ2n) is 2.63. The molecule has 0 aliphatic heterocycles. The molecule has 66 valence electrons. The summed E-state index contributed by atoms with van der Waals surface area (Å²) in [6.45, 7) is 0. The van der Waals surface area contributed by atoms with Gasteiger partial charge < -0.3 is 10.5 Å². The molecule has 2 rings (SSSR count). The summed E-state index contributed by atoms with van der Waals surface area (Å²) in [5.41, 5.74) is 6.29. The lowest BCUT2D eigenvalue weighted by Gasteiger charge is -2.02. The molecule has 0 fully saturated rings. The van der Waals surface area contributed by atoms with Gasteiger partial charge in [-0.15, -0.1) is 11.3 Å². The SMILES string of the molecule is Nc1ccc(Oc2ccsc2)cc1. The Kier molecular flexibility index (Phi) is 2.19. The number of nitrogens with two attached hydrogens (primary N) is 1. The molecule has 2 nitrogen and oxygen atoms in total. The van der Waals surface area contributed by atoms with Gasteiger partial charge in [-0.2, -0.15) is 0 Å². The topological polar surface area (TPSA) is 35.2 Å². The van der Waals surface area contributed by atoms with Crippen molar-refractivity contribution in [2.45, 2.75) is 0 Å². The van der Waals surface area contributed by atoms with Crippen LogP contribution in [0.3, 0.4) is 0 Å². The summed E-state index contributed by atoms with van der Waals surface area (Å²) in [7, 11) is 0. The third-order valence-corrected chi connectivity index (χ3v) is 2.27. The number of hydrogen-bond acceptors (Lipinski definition) is 3. The van der Waals surface area contributed by atoms with Gasteiger partial charge in [-0.1, -0.05) is 0 Å². The van der Waals surface area contributed by atoms with Crippen LogP contribution in [0.2, 0.25) is 0 Å². The van der Waals surface area contributed by atoms with Crippen LogP contribution in [0, 0.1) is 0 Å². The molecular formula is C10H9NOS. The average Bonchev–Trinajstić information content (AvgIpc) is 2.62. The molecule has 0 aliphatic rings. The van der Waals surface area contributed by atoms with Crippen LogP contribution in [-0.2, 0) is 0 Å². The predicted molar refractivity (Wildman–Crippen MR) is 55.2 cm³/mol. The van der Waals surface area contributed by atoms with Gasteiger partial charge in [-0.05, 0) is 35.7 Å². The van der Waals surface area contributed by atoms with E-state index in [2.05, 4.69) is 0 Å². The second-order valence-corrected chi connectivity index (χ2v) is 3.41. The Morgan fingerprint density at radius 2 is 1.77 bits per heavy atom. The maximum Gasteiger partial charge on any atom is 0.138 e. The van der Waals surface area contributed by atoms with Crippen molar-refractivity contribution in [1.82, 2.24) is 0 Å². The summed E-state index contributed by atoms with van der Waals surface area (Å²) >= 11 is 1.61. The first-order chi connectivity index (χ1) is 6.34. The monoisotopic (exact) mass is 191 g/mol. The van der Waals surface area contributed by atoms with Crippen molar-refractivity contribution in [2.24, 2.45) is 0 Å². The van der Waals surface area contributed by atoms with Gasteiger partial charge in [0.2, 0.25) is 0 Å². The van der Waals surface area contributed by atoms with Crippen LogP contribution in [0.4, 0.5) is 5.69 Å². The molecule has 1 aromatic carbocycles. The molecule has 0 aliphatic carbocycles. The van der Waals surface area contributed by atoms with Crippen LogP contribution in [0.5, 0.6) is 11.5 Å². The summed E-state index contributed by atoms with van der Waals surface area (Å²) in [6, 6.07) is 9.28. The van der Waals surface area contributed by atoms with E-state index in [0.717, 1.165) is 17.2 Å². The van der Waals surface area contributed by atoms with Gasteiger partial charge in [0, 0.05) is 11.1 Å². The molecule has 0 spiro atoms. The summed E-state index contributed by atoms with van der Waals surface area (Å²) in [4.78, 5) is 0. The minimum Gasteiger partial charge on any atom is -0.457 e. The highest BCUT2D eigenvalue weighted by Gasteiger charge is 1.95. The standard InChI is InChI=1S/C10H9NOS/c11-8-1-3-9(4-2-8)12-10-5-6-13-7-10/h1-7H,11H2. The third kappa shape index (κ3) is 2.00. The highest BCUT2D eigenvalue weighted by Crippen LogP contribution is 2.23. The normalized spacial score (nSPS) is 9.85. The van der Waals surface area contributed by atoms with Gasteiger partial charge in [-0.25, -0.2) is 0 Å². The van der Waals surface area contributed by atoms with E-state index in [0.29, 0.717) is 0 Å². The summed E-state index contributed by atoms with van der Waals surface area (Å²) in [5.74, 6) is 1.68. The van der Waals surface area contributed by atoms with E-state index in [1.165, 1.54) is 0 Å². The molecule has 3 heteroatoms. The van der Waals surface area contributed by atoms with Crippen molar-refractivity contribution in [3.63, 3.8) is 0 Å². The van der Waals surface area contributed by atoms with Crippen LogP contribution in [0.25, 0.3) is 0 Å². The maximum absolute atomic E-state index is 5.55. The number of ether oxygens (including phenoxy) is 1. The summed E-state index contributed by atoms with van der Waals surface area (Å²) < 4.78 is 5.53. The van der Waals surface area contributed by atoms with Crippen molar-refractivity contribution < 1.29 is 4.74 Å². The van der Waals surface area contributed by atoms with E-state index in [-0.39, 0.29) is 0 Å². The Morgan fingerprint density at radius 3 is 2.38 bits per heavy atom. The molecular weight excluding hydrogens is 182 g/mol. The Balaban J connectivity index is 2.15. The number of anilines is 1. The number of benzene rings is 1. The van der Waals surface area contributed by atoms with Gasteiger partial charge >= 0.3 is 0 Å². The quantitative estimate of drug-likeness (QED) is 0.740. The van der Waals surface area contributed by atoms with Crippen molar-refractivity contribution in [1.29, 1.82) is 0 Å². The lowest BCUT2D eigenvalue weighted by molar-refractivity contribution is 0.485. The first-order valence-electron chi connectivity index (χ1n) is 3.90. The fourth-order valence-corrected chi connectivity index (χ4v) is 1.53. The molecule has 1 aromatic heterocycles. The molecule has 0 bridgehead atoms. The zero-order valence-electron chi connectivity index (χ0n) is 6.94. The Labute approximate surface area is 80.6 Å². The fraction of sp³-hybridized carbons (Fsp3) is 0. The van der Waals surface area contributed by atoms with Crippen LogP contribution < -0.4 is 10.5 Å². The smallest absolute Gasteiger partial charge is 0.138 e. The Hall–Kier alpha value is -1.48. The molecule has 13 heavy (non-hydrogen) atoms. The van der Waals surface area contributed by atoms with Crippen molar-refractivity contribution in [2.75, 3.05) is 5.73 Å². The predicted octanol–water partition coefficient (Wildman–Crippen LogP) is 3.12. The molecule has 2 aromatic rings. The minimum atomic E-state index is 0.748. The van der Waals surface area contributed by atoms with Crippen LogP contribution in [-0.4, -0.2) is 0 Å². The molecule has 0 saturated heterocycles. The maximum atomic E-state index is 5.55.